The fourth-order valence-corrected chi connectivity index (χ4v) is 4.26. The van der Waals surface area contributed by atoms with E-state index < -0.39 is 0 Å². The zero-order valence-corrected chi connectivity index (χ0v) is 18.2. The van der Waals surface area contributed by atoms with E-state index in [0.717, 1.165) is 17.8 Å². The van der Waals surface area contributed by atoms with Crippen LogP contribution in [0.1, 0.15) is 10.4 Å². The number of hydrogen-bond acceptors (Lipinski definition) is 6. The number of amides is 1. The molecule has 9 heteroatoms. The van der Waals surface area contributed by atoms with Gasteiger partial charge in [-0.1, -0.05) is 17.4 Å². The van der Waals surface area contributed by atoms with E-state index in [-0.39, 0.29) is 24.1 Å². The van der Waals surface area contributed by atoms with Crippen molar-refractivity contribution in [3.63, 3.8) is 0 Å². The van der Waals surface area contributed by atoms with E-state index >= 15 is 0 Å². The quantitative estimate of drug-likeness (QED) is 0.570. The fourth-order valence-electron chi connectivity index (χ4n) is 3.26. The number of thiazole rings is 1. The Balaban J connectivity index is 0.00000256. The summed E-state index contributed by atoms with van der Waals surface area (Å²) in [6.45, 7) is 4.21. The number of anilines is 1. The number of halogens is 2. The first-order valence-corrected chi connectivity index (χ1v) is 10.3. The van der Waals surface area contributed by atoms with Crippen molar-refractivity contribution >= 4 is 45.0 Å². The maximum atomic E-state index is 14.2. The normalized spacial score (nSPS) is 14.3. The first-order valence-electron chi connectivity index (χ1n) is 9.47. The highest BCUT2D eigenvalue weighted by Gasteiger charge is 2.23. The molecule has 0 spiro atoms. The Morgan fingerprint density at radius 1 is 1.23 bits per heavy atom. The molecule has 4 rings (SSSR count). The number of morpholine rings is 1. The van der Waals surface area contributed by atoms with Gasteiger partial charge in [0.2, 0.25) is 0 Å². The van der Waals surface area contributed by atoms with Crippen molar-refractivity contribution in [1.29, 1.82) is 0 Å². The Morgan fingerprint density at radius 2 is 1.97 bits per heavy atom. The van der Waals surface area contributed by atoms with Gasteiger partial charge in [0.15, 0.2) is 5.13 Å². The van der Waals surface area contributed by atoms with Crippen molar-refractivity contribution in [1.82, 2.24) is 9.88 Å². The van der Waals surface area contributed by atoms with Crippen molar-refractivity contribution in [3.05, 3.63) is 53.8 Å². The van der Waals surface area contributed by atoms with Crippen LogP contribution < -0.4 is 9.64 Å². The van der Waals surface area contributed by atoms with Gasteiger partial charge in [-0.2, -0.15) is 0 Å². The molecule has 3 aromatic rings. The topological polar surface area (TPSA) is 54.9 Å². The van der Waals surface area contributed by atoms with Crippen molar-refractivity contribution in [2.75, 3.05) is 51.4 Å². The molecule has 1 saturated heterocycles. The minimum atomic E-state index is -0.380. The van der Waals surface area contributed by atoms with Crippen LogP contribution >= 0.6 is 23.7 Å². The van der Waals surface area contributed by atoms with E-state index in [1.54, 1.807) is 42.3 Å². The number of carbonyl (C=O) groups is 1. The van der Waals surface area contributed by atoms with Gasteiger partial charge in [-0.05, 0) is 36.4 Å². The van der Waals surface area contributed by atoms with Gasteiger partial charge in [0.1, 0.15) is 17.1 Å². The first kappa shape index (κ1) is 22.4. The molecule has 0 aliphatic carbocycles. The van der Waals surface area contributed by atoms with Gasteiger partial charge >= 0.3 is 0 Å². The number of hydrogen-bond donors (Lipinski definition) is 0. The summed E-state index contributed by atoms with van der Waals surface area (Å²) in [6.07, 6.45) is 0. The largest absolute Gasteiger partial charge is 0.497 e. The van der Waals surface area contributed by atoms with E-state index in [2.05, 4.69) is 9.88 Å². The van der Waals surface area contributed by atoms with Crippen LogP contribution in [0, 0.1) is 5.82 Å². The van der Waals surface area contributed by atoms with Gasteiger partial charge in [0.05, 0.1) is 25.0 Å². The van der Waals surface area contributed by atoms with E-state index in [4.69, 9.17) is 9.47 Å². The van der Waals surface area contributed by atoms with Crippen molar-refractivity contribution in [2.45, 2.75) is 0 Å². The van der Waals surface area contributed by atoms with Gasteiger partial charge in [-0.3, -0.25) is 14.6 Å². The number of carbonyl (C=O) groups excluding carboxylic acids is 1. The van der Waals surface area contributed by atoms with E-state index in [1.807, 2.05) is 6.07 Å². The molecular weight excluding hydrogens is 429 g/mol. The molecule has 0 saturated carbocycles. The molecule has 0 radical (unpaired) electrons. The average Bonchev–Trinajstić information content (AvgIpc) is 3.20. The lowest BCUT2D eigenvalue weighted by molar-refractivity contribution is 0.0391. The maximum absolute atomic E-state index is 14.2. The van der Waals surface area contributed by atoms with Crippen LogP contribution in [-0.4, -0.2) is 62.3 Å². The molecule has 1 aliphatic heterocycles. The summed E-state index contributed by atoms with van der Waals surface area (Å²) in [6, 6.07) is 11.8. The van der Waals surface area contributed by atoms with Gasteiger partial charge < -0.3 is 9.47 Å². The summed E-state index contributed by atoms with van der Waals surface area (Å²) in [5, 5.41) is 0.499. The number of aromatic nitrogens is 1. The van der Waals surface area contributed by atoms with Crippen LogP contribution in [0.2, 0.25) is 0 Å². The molecule has 2 heterocycles. The number of methoxy groups -OCH3 is 1. The van der Waals surface area contributed by atoms with Gasteiger partial charge in [-0.25, -0.2) is 9.37 Å². The second kappa shape index (κ2) is 10.2. The van der Waals surface area contributed by atoms with Crippen LogP contribution in [0.3, 0.4) is 0 Å². The molecule has 1 fully saturated rings. The highest BCUT2D eigenvalue weighted by atomic mass is 35.5. The zero-order valence-electron chi connectivity index (χ0n) is 16.5. The molecule has 160 valence electrons. The number of para-hydroxylation sites is 1. The number of ether oxygens (including phenoxy) is 2. The van der Waals surface area contributed by atoms with Crippen molar-refractivity contribution < 1.29 is 18.7 Å². The van der Waals surface area contributed by atoms with Gasteiger partial charge in [-0.15, -0.1) is 12.4 Å². The minimum absolute atomic E-state index is 0. The smallest absolute Gasteiger partial charge is 0.260 e. The SMILES string of the molecule is COc1ccc(C(=O)N(CCN2CCOCC2)c2nc3c(F)cccc3s2)cc1.Cl. The number of rotatable bonds is 6. The molecule has 1 aromatic heterocycles. The first-order chi connectivity index (χ1) is 14.2. The standard InChI is InChI=1S/C21H22FN3O3S.ClH/c1-27-16-7-5-15(6-8-16)20(26)25(10-9-24-11-13-28-14-12-24)21-23-19-17(22)3-2-4-18(19)29-21;/h2-8H,9-14H2,1H3;1H. The molecule has 6 nitrogen and oxygen atoms in total. The molecule has 0 atom stereocenters. The van der Waals surface area contributed by atoms with Crippen molar-refractivity contribution in [2.24, 2.45) is 0 Å². The number of benzene rings is 2. The van der Waals surface area contributed by atoms with Crippen LogP contribution in [0.4, 0.5) is 9.52 Å². The van der Waals surface area contributed by atoms with Crippen LogP contribution in [0.25, 0.3) is 10.2 Å². The summed E-state index contributed by atoms with van der Waals surface area (Å²) in [4.78, 5) is 21.6. The Bertz CT molecular complexity index is 993. The number of nitrogens with zero attached hydrogens (tertiary/aromatic N) is 3. The Labute approximate surface area is 184 Å². The summed E-state index contributed by atoms with van der Waals surface area (Å²) < 4.78 is 25.4. The van der Waals surface area contributed by atoms with Gasteiger partial charge in [0.25, 0.3) is 5.91 Å². The second-order valence-corrected chi connectivity index (χ2v) is 7.73. The molecule has 0 N–H and O–H groups in total. The minimum Gasteiger partial charge on any atom is -0.497 e. The summed E-state index contributed by atoms with van der Waals surface area (Å²) in [5.74, 6) is 0.138. The van der Waals surface area contributed by atoms with E-state index in [1.165, 1.54) is 17.4 Å². The third kappa shape index (κ3) is 4.89. The predicted octanol–water partition coefficient (Wildman–Crippen LogP) is 3.84. The molecule has 2 aromatic carbocycles. The lowest BCUT2D eigenvalue weighted by Crippen LogP contribution is -2.43. The van der Waals surface area contributed by atoms with E-state index in [0.29, 0.717) is 48.3 Å². The number of fused-ring (bicyclic) bond motifs is 1. The van der Waals surface area contributed by atoms with Crippen LogP contribution in [-0.2, 0) is 4.74 Å². The monoisotopic (exact) mass is 451 g/mol. The maximum Gasteiger partial charge on any atom is 0.260 e. The van der Waals surface area contributed by atoms with Crippen LogP contribution in [0.5, 0.6) is 5.75 Å². The lowest BCUT2D eigenvalue weighted by Gasteiger charge is -2.29. The highest BCUT2D eigenvalue weighted by Crippen LogP contribution is 2.31. The Kier molecular flexibility index (Phi) is 7.60. The molecule has 0 bridgehead atoms. The predicted molar refractivity (Wildman–Crippen MR) is 119 cm³/mol. The summed E-state index contributed by atoms with van der Waals surface area (Å²) >= 11 is 1.32. The Morgan fingerprint density at radius 3 is 2.63 bits per heavy atom. The molecule has 30 heavy (non-hydrogen) atoms. The molecule has 1 aliphatic rings. The van der Waals surface area contributed by atoms with E-state index in [9.17, 15) is 9.18 Å². The fraction of sp³-hybridized carbons (Fsp3) is 0.333. The second-order valence-electron chi connectivity index (χ2n) is 6.72. The third-order valence-electron chi connectivity index (χ3n) is 4.92. The van der Waals surface area contributed by atoms with Crippen molar-refractivity contribution in [3.8, 4) is 5.75 Å². The van der Waals surface area contributed by atoms with Gasteiger partial charge in [0, 0.05) is 31.7 Å². The summed E-state index contributed by atoms with van der Waals surface area (Å²) in [5.41, 5.74) is 0.832. The summed E-state index contributed by atoms with van der Waals surface area (Å²) in [7, 11) is 1.58. The molecule has 1 amide bonds. The third-order valence-corrected chi connectivity index (χ3v) is 5.96. The molecular formula is C21H23ClFN3O3S. The van der Waals surface area contributed by atoms with Crippen LogP contribution in [0.15, 0.2) is 42.5 Å². The average molecular weight is 452 g/mol. The zero-order chi connectivity index (χ0) is 20.2. The highest BCUT2D eigenvalue weighted by molar-refractivity contribution is 7.22. The molecule has 0 unspecified atom stereocenters. The lowest BCUT2D eigenvalue weighted by atomic mass is 10.2. The Hall–Kier alpha value is -2.26.